The van der Waals surface area contributed by atoms with Gasteiger partial charge in [0.2, 0.25) is 0 Å². The molecule has 0 spiro atoms. The van der Waals surface area contributed by atoms with E-state index in [1.807, 2.05) is 30.3 Å². The molecule has 0 aromatic heterocycles. The molecule has 0 saturated carbocycles. The van der Waals surface area contributed by atoms with Gasteiger partial charge < -0.3 is 19.9 Å². The van der Waals surface area contributed by atoms with Crippen LogP contribution < -0.4 is 14.8 Å². The minimum Gasteiger partial charge on any atom is -0.508 e. The van der Waals surface area contributed by atoms with Crippen LogP contribution in [0.1, 0.15) is 55.7 Å². The van der Waals surface area contributed by atoms with E-state index in [2.05, 4.69) is 48.6 Å². The first kappa shape index (κ1) is 23.7. The van der Waals surface area contributed by atoms with Crippen LogP contribution in [0.4, 0.5) is 0 Å². The number of aromatic hydroxyl groups is 1. The van der Waals surface area contributed by atoms with Gasteiger partial charge >= 0.3 is 0 Å². The lowest BCUT2D eigenvalue weighted by atomic mass is 9.61. The van der Waals surface area contributed by atoms with Crippen LogP contribution in [0.25, 0.3) is 0 Å². The van der Waals surface area contributed by atoms with Gasteiger partial charge in [-0.3, -0.25) is 0 Å². The number of benzene rings is 3. The van der Waals surface area contributed by atoms with Gasteiger partial charge in [0.25, 0.3) is 0 Å². The first-order valence-corrected chi connectivity index (χ1v) is 13.1. The molecule has 1 fully saturated rings. The Kier molecular flexibility index (Phi) is 7.29. The molecule has 3 aromatic carbocycles. The first-order valence-electron chi connectivity index (χ1n) is 13.1. The zero-order valence-electron chi connectivity index (χ0n) is 20.7. The molecule has 2 N–H and O–H groups in total. The molecule has 0 aliphatic carbocycles. The molecule has 0 radical (unpaired) electrons. The highest BCUT2D eigenvalue weighted by Crippen LogP contribution is 2.53. The molecule has 5 rings (SSSR count). The zero-order chi connectivity index (χ0) is 24.1. The van der Waals surface area contributed by atoms with Crippen LogP contribution in [0.15, 0.2) is 72.8 Å². The quantitative estimate of drug-likeness (QED) is 0.378. The van der Waals surface area contributed by atoms with Gasteiger partial charge in [-0.15, -0.1) is 0 Å². The Morgan fingerprint density at radius 1 is 0.914 bits per heavy atom. The van der Waals surface area contributed by atoms with Gasteiger partial charge in [-0.05, 0) is 74.5 Å². The number of hydrogen-bond acceptors (Lipinski definition) is 4. The number of nitrogens with one attached hydrogen (secondary N) is 1. The second-order valence-corrected chi connectivity index (χ2v) is 10.1. The van der Waals surface area contributed by atoms with Crippen molar-refractivity contribution in [3.05, 3.63) is 89.5 Å². The van der Waals surface area contributed by atoms with Crippen molar-refractivity contribution in [3.8, 4) is 17.2 Å². The van der Waals surface area contributed by atoms with E-state index in [1.165, 1.54) is 38.8 Å². The van der Waals surface area contributed by atoms with Crippen LogP contribution >= 0.6 is 0 Å². The lowest BCUT2D eigenvalue weighted by Gasteiger charge is -2.45. The number of fused-ring (bicyclic) bond motifs is 1. The predicted molar refractivity (Wildman–Crippen MR) is 140 cm³/mol. The fraction of sp³-hybridized carbons (Fsp3) is 0.419. The van der Waals surface area contributed by atoms with Crippen molar-refractivity contribution >= 4 is 0 Å². The van der Waals surface area contributed by atoms with Crippen molar-refractivity contribution in [1.82, 2.24) is 5.32 Å². The van der Waals surface area contributed by atoms with Crippen LogP contribution in [0.5, 0.6) is 17.2 Å². The minimum atomic E-state index is -0.506. The van der Waals surface area contributed by atoms with E-state index in [0.29, 0.717) is 12.4 Å². The zero-order valence-corrected chi connectivity index (χ0v) is 20.7. The largest absolute Gasteiger partial charge is 0.508 e. The van der Waals surface area contributed by atoms with Gasteiger partial charge in [0.15, 0.2) is 0 Å². The van der Waals surface area contributed by atoms with E-state index in [-0.39, 0.29) is 5.92 Å². The van der Waals surface area contributed by atoms with Crippen molar-refractivity contribution in [1.29, 1.82) is 0 Å². The van der Waals surface area contributed by atoms with Crippen LogP contribution in [0, 0.1) is 11.8 Å². The summed E-state index contributed by atoms with van der Waals surface area (Å²) in [5.74, 6) is 3.10. The second-order valence-electron chi connectivity index (χ2n) is 10.1. The molecule has 4 nitrogen and oxygen atoms in total. The van der Waals surface area contributed by atoms with E-state index in [9.17, 15) is 5.11 Å². The topological polar surface area (TPSA) is 50.7 Å². The summed E-state index contributed by atoms with van der Waals surface area (Å²) in [5.41, 5.74) is 2.63. The molecule has 3 aromatic rings. The number of phenolic OH excluding ortho intramolecular Hbond substituents is 1. The van der Waals surface area contributed by atoms with Gasteiger partial charge in [-0.25, -0.2) is 0 Å². The Balaban J connectivity index is 1.36. The number of hydrogen-bond donors (Lipinski definition) is 2. The number of rotatable bonds is 8. The normalized spacial score (nSPS) is 22.3. The summed E-state index contributed by atoms with van der Waals surface area (Å²) in [6.07, 6.45) is 6.26. The smallest absolute Gasteiger partial charge is 0.123 e. The van der Waals surface area contributed by atoms with E-state index >= 15 is 0 Å². The molecule has 0 amide bonds. The van der Waals surface area contributed by atoms with Crippen molar-refractivity contribution in [2.24, 2.45) is 11.8 Å². The maximum atomic E-state index is 11.0. The van der Waals surface area contributed by atoms with Crippen molar-refractivity contribution in [3.63, 3.8) is 0 Å². The average Bonchev–Trinajstić information content (AvgIpc) is 2.90. The minimum absolute atomic E-state index is 0.132. The molecule has 2 atom stereocenters. The summed E-state index contributed by atoms with van der Waals surface area (Å²) in [5, 5.41) is 14.4. The summed E-state index contributed by atoms with van der Waals surface area (Å²) in [7, 11) is 0. The second kappa shape index (κ2) is 10.7. The van der Waals surface area contributed by atoms with Gasteiger partial charge in [0, 0.05) is 17.0 Å². The Morgan fingerprint density at radius 3 is 2.40 bits per heavy atom. The van der Waals surface area contributed by atoms with Gasteiger partial charge in [-0.2, -0.15) is 0 Å². The Morgan fingerprint density at radius 2 is 1.63 bits per heavy atom. The number of para-hydroxylation sites is 2. The molecule has 0 bridgehead atoms. The summed E-state index contributed by atoms with van der Waals surface area (Å²) in [6, 6.07) is 24.4. The van der Waals surface area contributed by atoms with Crippen molar-refractivity contribution < 1.29 is 14.6 Å². The summed E-state index contributed by atoms with van der Waals surface area (Å²) in [4.78, 5) is 0. The molecule has 1 saturated heterocycles. The maximum absolute atomic E-state index is 11.0. The molecule has 35 heavy (non-hydrogen) atoms. The van der Waals surface area contributed by atoms with Crippen LogP contribution in [0.3, 0.4) is 0 Å². The molecule has 2 aliphatic rings. The Bertz CT molecular complexity index is 1110. The van der Waals surface area contributed by atoms with Crippen LogP contribution in [-0.2, 0) is 5.41 Å². The number of ether oxygens (including phenoxy) is 2. The van der Waals surface area contributed by atoms with E-state index in [0.717, 1.165) is 47.1 Å². The monoisotopic (exact) mass is 471 g/mol. The van der Waals surface area contributed by atoms with E-state index in [1.54, 1.807) is 6.07 Å². The van der Waals surface area contributed by atoms with Gasteiger partial charge in [-0.1, -0.05) is 61.9 Å². The third-order valence-corrected chi connectivity index (χ3v) is 7.91. The number of unbranched alkanes of at least 4 members (excludes halogenated alkanes) is 1. The first-order chi connectivity index (χ1) is 17.2. The third-order valence-electron chi connectivity index (χ3n) is 7.91. The van der Waals surface area contributed by atoms with E-state index < -0.39 is 5.41 Å². The van der Waals surface area contributed by atoms with E-state index in [4.69, 9.17) is 9.47 Å². The number of piperidine rings is 1. The summed E-state index contributed by atoms with van der Waals surface area (Å²) in [6.45, 7) is 5.88. The predicted octanol–water partition coefficient (Wildman–Crippen LogP) is 6.30. The lowest BCUT2D eigenvalue weighted by Crippen LogP contribution is -2.43. The summed E-state index contributed by atoms with van der Waals surface area (Å²) < 4.78 is 12.2. The number of phenols is 1. The van der Waals surface area contributed by atoms with Crippen molar-refractivity contribution in [2.45, 2.75) is 44.4 Å². The SMILES string of the molecule is CC1COc2ccccc2C1(c1ccc(OCCCCC2CCNCC2)cc1)c1ccccc1O. The molecule has 2 aliphatic heterocycles. The van der Waals surface area contributed by atoms with Crippen LogP contribution in [0.2, 0.25) is 0 Å². The van der Waals surface area contributed by atoms with Gasteiger partial charge in [0.1, 0.15) is 17.2 Å². The highest BCUT2D eigenvalue weighted by Gasteiger charge is 2.47. The summed E-state index contributed by atoms with van der Waals surface area (Å²) >= 11 is 0. The van der Waals surface area contributed by atoms with Crippen molar-refractivity contribution in [2.75, 3.05) is 26.3 Å². The third kappa shape index (κ3) is 4.77. The lowest BCUT2D eigenvalue weighted by molar-refractivity contribution is 0.183. The maximum Gasteiger partial charge on any atom is 0.123 e. The highest BCUT2D eigenvalue weighted by atomic mass is 16.5. The Hall–Kier alpha value is -2.98. The average molecular weight is 472 g/mol. The molecule has 4 heteroatoms. The standard InChI is InChI=1S/C31H37NO3/c1-23-22-35-30-12-5-3-10-28(30)31(23,27-9-2-4-11-29(27)33)25-13-15-26(16-14-25)34-21-7-6-8-24-17-19-32-20-18-24/h2-5,9-16,23-24,32-33H,6-8,17-22H2,1H3. The molecular weight excluding hydrogens is 434 g/mol. The Labute approximate surface area is 209 Å². The molecule has 184 valence electrons. The molecular formula is C31H37NO3. The fourth-order valence-electron chi connectivity index (χ4n) is 6.05. The molecule has 2 heterocycles. The van der Waals surface area contributed by atoms with Gasteiger partial charge in [0.05, 0.1) is 18.6 Å². The molecule has 2 unspecified atom stereocenters. The highest BCUT2D eigenvalue weighted by molar-refractivity contribution is 5.60. The fourth-order valence-corrected chi connectivity index (χ4v) is 6.05. The van der Waals surface area contributed by atoms with Crippen LogP contribution in [-0.4, -0.2) is 31.4 Å².